The number of nitrogens with zero attached hydrogens (tertiary/aromatic N) is 2. The molecule has 0 radical (unpaired) electrons. The van der Waals surface area contributed by atoms with Crippen LogP contribution in [-0.2, 0) is 19.6 Å². The number of anilines is 2. The lowest BCUT2D eigenvalue weighted by Crippen LogP contribution is -2.42. The third-order valence-corrected chi connectivity index (χ3v) is 7.37. The average Bonchev–Trinajstić information content (AvgIpc) is 2.77. The van der Waals surface area contributed by atoms with Gasteiger partial charge in [-0.15, -0.1) is 0 Å². The first-order valence-electron chi connectivity index (χ1n) is 10.9. The molecule has 3 rings (SSSR count). The SMILES string of the molecule is CC1CC(C)CN(S(=O)(=O)c2cccc(C(=O)OCC(=O)Nc3ccc(N(C)C)cc3)c2)C1. The van der Waals surface area contributed by atoms with Crippen molar-refractivity contribution in [3.8, 4) is 0 Å². The number of carbonyl (C=O) groups excluding carboxylic acids is 2. The third-order valence-electron chi connectivity index (χ3n) is 5.54. The molecule has 1 amide bonds. The summed E-state index contributed by atoms with van der Waals surface area (Å²) in [6, 6.07) is 13.0. The highest BCUT2D eigenvalue weighted by atomic mass is 32.2. The summed E-state index contributed by atoms with van der Waals surface area (Å²) in [5.74, 6) is -0.699. The fraction of sp³-hybridized carbons (Fsp3) is 0.417. The van der Waals surface area contributed by atoms with Gasteiger partial charge in [-0.3, -0.25) is 4.79 Å². The van der Waals surface area contributed by atoms with Crippen molar-refractivity contribution >= 4 is 33.3 Å². The highest BCUT2D eigenvalue weighted by molar-refractivity contribution is 7.89. The Kier molecular flexibility index (Phi) is 7.76. The third kappa shape index (κ3) is 6.33. The molecule has 178 valence electrons. The summed E-state index contributed by atoms with van der Waals surface area (Å²) in [7, 11) is 0.112. The van der Waals surface area contributed by atoms with E-state index in [1.54, 1.807) is 12.1 Å². The number of nitrogens with one attached hydrogen (secondary N) is 1. The summed E-state index contributed by atoms with van der Waals surface area (Å²) in [4.78, 5) is 26.6. The Bertz CT molecular complexity index is 1090. The molecule has 1 fully saturated rings. The number of piperidine rings is 1. The molecule has 0 spiro atoms. The van der Waals surface area contributed by atoms with Crippen molar-refractivity contribution in [2.24, 2.45) is 11.8 Å². The van der Waals surface area contributed by atoms with Crippen LogP contribution in [0.5, 0.6) is 0 Å². The zero-order valence-electron chi connectivity index (χ0n) is 19.4. The van der Waals surface area contributed by atoms with E-state index in [9.17, 15) is 18.0 Å². The number of amides is 1. The maximum atomic E-state index is 13.1. The summed E-state index contributed by atoms with van der Waals surface area (Å²) in [5, 5.41) is 2.66. The monoisotopic (exact) mass is 473 g/mol. The van der Waals surface area contributed by atoms with Crippen LogP contribution < -0.4 is 10.2 Å². The van der Waals surface area contributed by atoms with Gasteiger partial charge in [0.1, 0.15) is 0 Å². The lowest BCUT2D eigenvalue weighted by atomic mass is 9.94. The molecule has 1 heterocycles. The second kappa shape index (κ2) is 10.4. The molecule has 33 heavy (non-hydrogen) atoms. The molecule has 2 aromatic rings. The zero-order chi connectivity index (χ0) is 24.2. The molecule has 2 atom stereocenters. The fourth-order valence-electron chi connectivity index (χ4n) is 3.99. The van der Waals surface area contributed by atoms with Gasteiger partial charge < -0.3 is 15.0 Å². The van der Waals surface area contributed by atoms with Crippen LogP contribution in [-0.4, -0.2) is 58.4 Å². The van der Waals surface area contributed by atoms with Crippen molar-refractivity contribution in [3.05, 3.63) is 54.1 Å². The Balaban J connectivity index is 1.61. The number of esters is 1. The maximum Gasteiger partial charge on any atom is 0.338 e. The first kappa shape index (κ1) is 24.7. The van der Waals surface area contributed by atoms with E-state index in [-0.39, 0.29) is 22.3 Å². The van der Waals surface area contributed by atoms with Gasteiger partial charge in [0.25, 0.3) is 5.91 Å². The minimum absolute atomic E-state index is 0.0451. The van der Waals surface area contributed by atoms with E-state index in [4.69, 9.17) is 4.74 Å². The lowest BCUT2D eigenvalue weighted by molar-refractivity contribution is -0.119. The predicted octanol–water partition coefficient (Wildman–Crippen LogP) is 3.21. The number of carbonyl (C=O) groups is 2. The quantitative estimate of drug-likeness (QED) is 0.621. The molecular formula is C24H31N3O5S. The van der Waals surface area contributed by atoms with E-state index < -0.39 is 28.5 Å². The van der Waals surface area contributed by atoms with Crippen LogP contribution in [0.4, 0.5) is 11.4 Å². The average molecular weight is 474 g/mol. The molecule has 1 aliphatic rings. The van der Waals surface area contributed by atoms with Crippen molar-refractivity contribution in [2.45, 2.75) is 25.2 Å². The van der Waals surface area contributed by atoms with Crippen molar-refractivity contribution < 1.29 is 22.7 Å². The minimum Gasteiger partial charge on any atom is -0.452 e. The highest BCUT2D eigenvalue weighted by Crippen LogP contribution is 2.27. The van der Waals surface area contributed by atoms with Gasteiger partial charge in [0.15, 0.2) is 6.61 Å². The topological polar surface area (TPSA) is 96.0 Å². The number of sulfonamides is 1. The normalized spacial score (nSPS) is 19.0. The zero-order valence-corrected chi connectivity index (χ0v) is 20.3. The highest BCUT2D eigenvalue weighted by Gasteiger charge is 2.32. The maximum absolute atomic E-state index is 13.1. The van der Waals surface area contributed by atoms with Crippen LogP contribution in [0.3, 0.4) is 0 Å². The van der Waals surface area contributed by atoms with Crippen LogP contribution >= 0.6 is 0 Å². The number of hydrogen-bond acceptors (Lipinski definition) is 6. The van der Waals surface area contributed by atoms with Gasteiger partial charge in [0, 0.05) is 38.6 Å². The lowest BCUT2D eigenvalue weighted by Gasteiger charge is -2.34. The standard InChI is InChI=1S/C24H31N3O5S/c1-17-12-18(2)15-27(14-17)33(30,31)22-7-5-6-19(13-22)24(29)32-16-23(28)25-20-8-10-21(11-9-20)26(3)4/h5-11,13,17-18H,12,14-16H2,1-4H3,(H,25,28). The number of rotatable bonds is 7. The second-order valence-electron chi connectivity index (χ2n) is 8.86. The molecule has 2 unspecified atom stereocenters. The summed E-state index contributed by atoms with van der Waals surface area (Å²) >= 11 is 0. The minimum atomic E-state index is -3.72. The Hall–Kier alpha value is -2.91. The Morgan fingerprint density at radius 3 is 2.30 bits per heavy atom. The van der Waals surface area contributed by atoms with Crippen LogP contribution in [0, 0.1) is 11.8 Å². The van der Waals surface area contributed by atoms with Crippen LogP contribution in [0.1, 0.15) is 30.6 Å². The van der Waals surface area contributed by atoms with Crippen molar-refractivity contribution in [1.29, 1.82) is 0 Å². The molecule has 9 heteroatoms. The molecule has 1 N–H and O–H groups in total. The summed E-state index contributed by atoms with van der Waals surface area (Å²) in [6.07, 6.45) is 0.986. The molecule has 0 saturated carbocycles. The second-order valence-corrected chi connectivity index (χ2v) is 10.8. The molecule has 0 bridgehead atoms. The number of benzene rings is 2. The van der Waals surface area contributed by atoms with Gasteiger partial charge in [0.2, 0.25) is 10.0 Å². The Labute approximate surface area is 195 Å². The van der Waals surface area contributed by atoms with E-state index in [2.05, 4.69) is 5.32 Å². The number of ether oxygens (including phenoxy) is 1. The van der Waals surface area contributed by atoms with Gasteiger partial charge >= 0.3 is 5.97 Å². The van der Waals surface area contributed by atoms with E-state index in [1.165, 1.54) is 28.6 Å². The first-order chi connectivity index (χ1) is 15.6. The van der Waals surface area contributed by atoms with Crippen LogP contribution in [0.2, 0.25) is 0 Å². The van der Waals surface area contributed by atoms with E-state index in [0.29, 0.717) is 18.8 Å². The van der Waals surface area contributed by atoms with Gasteiger partial charge in [-0.05, 0) is 60.7 Å². The molecule has 2 aromatic carbocycles. The van der Waals surface area contributed by atoms with E-state index in [1.807, 2.05) is 45.0 Å². The summed E-state index contributed by atoms with van der Waals surface area (Å²) in [5.41, 5.74) is 1.65. The van der Waals surface area contributed by atoms with Crippen LogP contribution in [0.15, 0.2) is 53.4 Å². The predicted molar refractivity (Wildman–Crippen MR) is 128 cm³/mol. The van der Waals surface area contributed by atoms with Crippen molar-refractivity contribution in [3.63, 3.8) is 0 Å². The van der Waals surface area contributed by atoms with Gasteiger partial charge in [-0.25, -0.2) is 13.2 Å². The molecule has 0 aliphatic carbocycles. The molecule has 0 aromatic heterocycles. The first-order valence-corrected chi connectivity index (χ1v) is 12.3. The summed E-state index contributed by atoms with van der Waals surface area (Å²) < 4.78 is 32.8. The van der Waals surface area contributed by atoms with Crippen molar-refractivity contribution in [2.75, 3.05) is 44.0 Å². The van der Waals surface area contributed by atoms with Crippen molar-refractivity contribution in [1.82, 2.24) is 4.31 Å². The Morgan fingerprint density at radius 1 is 1.06 bits per heavy atom. The number of hydrogen-bond donors (Lipinski definition) is 1. The van der Waals surface area contributed by atoms with E-state index in [0.717, 1.165) is 12.1 Å². The largest absolute Gasteiger partial charge is 0.452 e. The van der Waals surface area contributed by atoms with Gasteiger partial charge in [0.05, 0.1) is 10.5 Å². The molecule has 8 nitrogen and oxygen atoms in total. The molecular weight excluding hydrogens is 442 g/mol. The Morgan fingerprint density at radius 2 is 1.70 bits per heavy atom. The van der Waals surface area contributed by atoms with Gasteiger partial charge in [-0.1, -0.05) is 19.9 Å². The molecule has 1 aliphatic heterocycles. The smallest absolute Gasteiger partial charge is 0.338 e. The van der Waals surface area contributed by atoms with Crippen LogP contribution in [0.25, 0.3) is 0 Å². The van der Waals surface area contributed by atoms with E-state index >= 15 is 0 Å². The molecule has 1 saturated heterocycles. The van der Waals surface area contributed by atoms with Gasteiger partial charge in [-0.2, -0.15) is 4.31 Å². The summed E-state index contributed by atoms with van der Waals surface area (Å²) in [6.45, 7) is 4.50. The fourth-order valence-corrected chi connectivity index (χ4v) is 5.72.